The van der Waals surface area contributed by atoms with E-state index < -0.39 is 0 Å². The van der Waals surface area contributed by atoms with Crippen LogP contribution < -0.4 is 20.9 Å². The Morgan fingerprint density at radius 2 is 1.41 bits per heavy atom. The second-order valence-electron chi connectivity index (χ2n) is 12.3. The summed E-state index contributed by atoms with van der Waals surface area (Å²) in [5, 5.41) is 29.1. The van der Waals surface area contributed by atoms with Crippen molar-refractivity contribution in [2.45, 2.75) is 37.6 Å². The first-order chi connectivity index (χ1) is 22.3. The van der Waals surface area contributed by atoms with Crippen molar-refractivity contribution in [3.8, 4) is 5.75 Å². The number of para-hydroxylation sites is 1. The van der Waals surface area contributed by atoms with Crippen LogP contribution in [0.4, 0.5) is 11.4 Å². The number of carbonyl (C=O) groups excluding carboxylic acids is 2. The van der Waals surface area contributed by atoms with Crippen LogP contribution >= 0.6 is 0 Å². The molecule has 3 aromatic rings. The highest BCUT2D eigenvalue weighted by atomic mass is 16.3. The van der Waals surface area contributed by atoms with E-state index in [0.29, 0.717) is 30.0 Å². The van der Waals surface area contributed by atoms with Gasteiger partial charge in [0.1, 0.15) is 11.6 Å². The van der Waals surface area contributed by atoms with Gasteiger partial charge in [0.15, 0.2) is 0 Å². The molecule has 6 N–H and O–H groups in total. The van der Waals surface area contributed by atoms with E-state index in [0.717, 1.165) is 68.9 Å². The highest BCUT2D eigenvalue weighted by Crippen LogP contribution is 2.29. The average Bonchev–Trinajstić information content (AvgIpc) is 3.08. The molecule has 238 valence electrons. The van der Waals surface area contributed by atoms with Gasteiger partial charge in [0.25, 0.3) is 0 Å². The summed E-state index contributed by atoms with van der Waals surface area (Å²) < 4.78 is 0. The summed E-state index contributed by atoms with van der Waals surface area (Å²) in [5.74, 6) is -0.738. The molecule has 1 unspecified atom stereocenters. The number of hydrogen-bond donors (Lipinski definition) is 5. The van der Waals surface area contributed by atoms with E-state index in [4.69, 9.17) is 16.6 Å². The minimum atomic E-state index is -0.249. The molecule has 3 heterocycles. The van der Waals surface area contributed by atoms with E-state index in [9.17, 15) is 14.7 Å². The van der Waals surface area contributed by atoms with Gasteiger partial charge >= 0.3 is 0 Å². The Morgan fingerprint density at radius 3 is 2.02 bits per heavy atom. The molecule has 46 heavy (non-hydrogen) atoms. The van der Waals surface area contributed by atoms with Crippen molar-refractivity contribution in [3.63, 3.8) is 0 Å². The summed E-state index contributed by atoms with van der Waals surface area (Å²) in [6.45, 7) is 5.88. The lowest BCUT2D eigenvalue weighted by atomic mass is 9.90. The molecule has 0 aromatic heterocycles. The van der Waals surface area contributed by atoms with Crippen LogP contribution in [0.3, 0.4) is 0 Å². The minimum absolute atomic E-state index is 0.0185. The number of benzene rings is 3. The summed E-state index contributed by atoms with van der Waals surface area (Å²) in [6, 6.07) is 23.5. The van der Waals surface area contributed by atoms with Crippen molar-refractivity contribution in [1.82, 2.24) is 10.2 Å². The van der Waals surface area contributed by atoms with E-state index in [1.807, 2.05) is 24.3 Å². The third kappa shape index (κ3) is 6.82. The number of phenols is 1. The van der Waals surface area contributed by atoms with Gasteiger partial charge in [0.2, 0.25) is 11.8 Å². The van der Waals surface area contributed by atoms with Gasteiger partial charge in [0.05, 0.1) is 11.6 Å². The number of aromatic hydroxyl groups is 1. The van der Waals surface area contributed by atoms with Crippen LogP contribution in [0.5, 0.6) is 5.75 Å². The Kier molecular flexibility index (Phi) is 9.16. The Hall–Kier alpha value is -4.96. The van der Waals surface area contributed by atoms with Crippen LogP contribution in [0.1, 0.15) is 48.3 Å². The molecule has 3 aliphatic rings. The van der Waals surface area contributed by atoms with Crippen molar-refractivity contribution in [1.29, 1.82) is 10.8 Å². The first-order valence-corrected chi connectivity index (χ1v) is 16.0. The summed E-state index contributed by atoms with van der Waals surface area (Å²) in [4.78, 5) is 31.2. The number of imide groups is 1. The lowest BCUT2D eigenvalue weighted by Crippen LogP contribution is -2.53. The lowest BCUT2D eigenvalue weighted by molar-refractivity contribution is -0.134. The maximum atomic E-state index is 12.2. The molecule has 0 spiro atoms. The first kappa shape index (κ1) is 31.0. The molecule has 0 aliphatic carbocycles. The number of nitrogens with one attached hydrogen (secondary N) is 3. The topological polar surface area (TPSA) is 150 Å². The van der Waals surface area contributed by atoms with Crippen molar-refractivity contribution in [2.75, 3.05) is 49.1 Å². The third-order valence-corrected chi connectivity index (χ3v) is 9.51. The highest BCUT2D eigenvalue weighted by Gasteiger charge is 2.30. The fraction of sp³-hybridized carbons (Fsp3) is 0.333. The largest absolute Gasteiger partial charge is 0.507 e. The van der Waals surface area contributed by atoms with Crippen LogP contribution in [-0.4, -0.2) is 78.7 Å². The van der Waals surface area contributed by atoms with Crippen molar-refractivity contribution < 1.29 is 14.7 Å². The van der Waals surface area contributed by atoms with Gasteiger partial charge in [-0.2, -0.15) is 0 Å². The second-order valence-corrected chi connectivity index (χ2v) is 12.3. The van der Waals surface area contributed by atoms with Gasteiger partial charge in [-0.25, -0.2) is 0 Å². The van der Waals surface area contributed by atoms with Crippen LogP contribution in [0.25, 0.3) is 5.57 Å². The molecule has 6 rings (SSSR count). The van der Waals surface area contributed by atoms with Gasteiger partial charge < -0.3 is 26.0 Å². The molecule has 0 saturated carbocycles. The number of hydrogen-bond acceptors (Lipinski definition) is 8. The van der Waals surface area contributed by atoms with Crippen molar-refractivity contribution >= 4 is 40.3 Å². The quantitative estimate of drug-likeness (QED) is 0.145. The Bertz CT molecular complexity index is 1630. The molecule has 10 heteroatoms. The number of carbonyl (C=O) groups is 2. The number of allylic oxidation sites excluding steroid dienone is 1. The van der Waals surface area contributed by atoms with Crippen molar-refractivity contribution in [3.05, 3.63) is 95.6 Å². The second kappa shape index (κ2) is 13.6. The molecule has 2 amide bonds. The molecule has 1 atom stereocenters. The molecule has 3 saturated heterocycles. The zero-order chi connectivity index (χ0) is 32.2. The Morgan fingerprint density at radius 1 is 0.804 bits per heavy atom. The van der Waals surface area contributed by atoms with Gasteiger partial charge in [-0.3, -0.25) is 25.2 Å². The van der Waals surface area contributed by atoms with Gasteiger partial charge in [-0.05, 0) is 72.9 Å². The van der Waals surface area contributed by atoms with Crippen LogP contribution in [0.15, 0.2) is 78.9 Å². The molecule has 3 aliphatic heterocycles. The zero-order valence-electron chi connectivity index (χ0n) is 25.9. The first-order valence-electron chi connectivity index (χ1n) is 16.0. The maximum Gasteiger partial charge on any atom is 0.234 e. The van der Waals surface area contributed by atoms with Gasteiger partial charge in [-0.1, -0.05) is 36.4 Å². The number of rotatable bonds is 8. The predicted octanol–water partition coefficient (Wildman–Crippen LogP) is 4.09. The van der Waals surface area contributed by atoms with Crippen molar-refractivity contribution in [2.24, 2.45) is 5.73 Å². The Balaban J connectivity index is 1.00. The predicted molar refractivity (Wildman–Crippen MR) is 182 cm³/mol. The number of piperazine rings is 1. The zero-order valence-corrected chi connectivity index (χ0v) is 25.9. The van der Waals surface area contributed by atoms with E-state index >= 15 is 0 Å². The fourth-order valence-corrected chi connectivity index (χ4v) is 6.86. The number of amides is 2. The van der Waals surface area contributed by atoms with Crippen LogP contribution in [-0.2, 0) is 9.59 Å². The smallest absolute Gasteiger partial charge is 0.234 e. The van der Waals surface area contributed by atoms with E-state index in [1.54, 1.807) is 18.2 Å². The number of anilines is 2. The van der Waals surface area contributed by atoms with E-state index in [1.165, 1.54) is 17.8 Å². The minimum Gasteiger partial charge on any atom is -0.507 e. The van der Waals surface area contributed by atoms with Gasteiger partial charge in [0, 0.05) is 74.2 Å². The fourth-order valence-electron chi connectivity index (χ4n) is 6.86. The summed E-state index contributed by atoms with van der Waals surface area (Å²) in [7, 11) is 0. The third-order valence-electron chi connectivity index (χ3n) is 9.51. The molecule has 10 nitrogen and oxygen atoms in total. The van der Waals surface area contributed by atoms with Crippen LogP contribution in [0, 0.1) is 10.8 Å². The molecule has 0 radical (unpaired) electrons. The molecular formula is C36H41N7O3. The lowest BCUT2D eigenvalue weighted by Gasteiger charge is -2.44. The number of nitrogens with two attached hydrogens (primary N) is 1. The van der Waals surface area contributed by atoms with Crippen LogP contribution in [0.2, 0.25) is 0 Å². The number of piperidine rings is 2. The van der Waals surface area contributed by atoms with E-state index in [2.05, 4.69) is 44.3 Å². The molecular weight excluding hydrogens is 578 g/mol. The molecule has 3 fully saturated rings. The molecule has 0 bridgehead atoms. The SMILES string of the molecule is N=C(N)/C(=C\C(=N)c1ccccc1O)c1ccc(N2CCN(C3CCN(c4ccc(C5CCC(=O)NC5=O)cc4)CC3)CC2)cc1. The normalized spacial score (nSPS) is 20.0. The average molecular weight is 620 g/mol. The maximum absolute atomic E-state index is 12.2. The highest BCUT2D eigenvalue weighted by molar-refractivity contribution is 6.27. The summed E-state index contributed by atoms with van der Waals surface area (Å²) >= 11 is 0. The molecule has 3 aromatic carbocycles. The monoisotopic (exact) mass is 619 g/mol. The summed E-state index contributed by atoms with van der Waals surface area (Å²) in [6.07, 6.45) is 4.72. The van der Waals surface area contributed by atoms with Gasteiger partial charge in [-0.15, -0.1) is 0 Å². The Labute approximate surface area is 269 Å². The number of phenolic OH excluding ortho intramolecular Hbond substituents is 1. The summed E-state index contributed by atoms with van der Waals surface area (Å²) in [5.41, 5.74) is 10.9. The number of nitrogens with zero attached hydrogens (tertiary/aromatic N) is 3. The van der Waals surface area contributed by atoms with E-state index in [-0.39, 0.29) is 35.0 Å². The standard InChI is InChI=1S/C36H41N7O3/c37-32(30-3-1-2-4-33(30)44)23-31(35(38)39)25-7-11-27(12-8-25)42-19-21-43(22-20-42)28-15-17-41(18-16-28)26-9-5-24(6-10-26)29-13-14-34(45)40-36(29)46/h1-12,23,28-29,37,44H,13-22H2,(H3,38,39)(H,40,45,46)/b31-23-,37-32?. The number of amidine groups is 1.